The van der Waals surface area contributed by atoms with Crippen LogP contribution >= 0.6 is 0 Å². The highest BCUT2D eigenvalue weighted by atomic mass is 15.3. The molecule has 0 unspecified atom stereocenters. The Morgan fingerprint density at radius 3 is 2.46 bits per heavy atom. The van der Waals surface area contributed by atoms with E-state index in [-0.39, 0.29) is 0 Å². The van der Waals surface area contributed by atoms with E-state index in [1.807, 2.05) is 0 Å². The summed E-state index contributed by atoms with van der Waals surface area (Å²) in [5.41, 5.74) is 2.28. The summed E-state index contributed by atoms with van der Waals surface area (Å²) in [5, 5.41) is 14.9. The molecule has 1 aliphatic heterocycles. The van der Waals surface area contributed by atoms with E-state index in [1.54, 1.807) is 6.20 Å². The number of aromatic nitrogens is 3. The predicted molar refractivity (Wildman–Crippen MR) is 106 cm³/mol. The van der Waals surface area contributed by atoms with Crippen LogP contribution in [0.1, 0.15) is 45.4 Å². The molecule has 2 heterocycles. The standard InChI is InChI=1S/C20H28N6/c1-15-10-12-26(13-11-15)18-8-6-17(7-9-18)23-20-24-19(14-21-25-20)22-16-4-2-3-5-16/h6-9,14-16H,2-5,10-13H2,1H3,(H2,22,23,24,25). The largest absolute Gasteiger partial charge is 0.372 e. The molecule has 6 heteroatoms. The van der Waals surface area contributed by atoms with Gasteiger partial charge in [-0.2, -0.15) is 10.1 Å². The number of piperidine rings is 1. The quantitative estimate of drug-likeness (QED) is 0.840. The Hall–Kier alpha value is -2.37. The fourth-order valence-electron chi connectivity index (χ4n) is 3.86. The molecule has 0 spiro atoms. The van der Waals surface area contributed by atoms with Crippen LogP contribution in [0.2, 0.25) is 0 Å². The summed E-state index contributed by atoms with van der Waals surface area (Å²) in [7, 11) is 0. The Labute approximate surface area is 155 Å². The third-order valence-electron chi connectivity index (χ3n) is 5.54. The van der Waals surface area contributed by atoms with Crippen LogP contribution < -0.4 is 15.5 Å². The van der Waals surface area contributed by atoms with Crippen molar-refractivity contribution in [3.63, 3.8) is 0 Å². The van der Waals surface area contributed by atoms with Crippen molar-refractivity contribution >= 4 is 23.1 Å². The van der Waals surface area contributed by atoms with E-state index in [4.69, 9.17) is 0 Å². The van der Waals surface area contributed by atoms with Gasteiger partial charge in [0, 0.05) is 30.5 Å². The molecule has 1 aromatic carbocycles. The molecule has 0 radical (unpaired) electrons. The number of nitrogens with zero attached hydrogens (tertiary/aromatic N) is 4. The molecule has 1 saturated heterocycles. The highest BCUT2D eigenvalue weighted by Crippen LogP contribution is 2.25. The summed E-state index contributed by atoms with van der Waals surface area (Å²) in [6, 6.07) is 9.05. The molecule has 1 saturated carbocycles. The molecule has 26 heavy (non-hydrogen) atoms. The number of benzene rings is 1. The zero-order valence-corrected chi connectivity index (χ0v) is 15.5. The first-order chi connectivity index (χ1) is 12.8. The van der Waals surface area contributed by atoms with Crippen molar-refractivity contribution in [3.8, 4) is 0 Å². The van der Waals surface area contributed by atoms with Crippen molar-refractivity contribution in [2.75, 3.05) is 28.6 Å². The lowest BCUT2D eigenvalue weighted by Gasteiger charge is -2.32. The summed E-state index contributed by atoms with van der Waals surface area (Å²) in [6.45, 7) is 4.64. The van der Waals surface area contributed by atoms with E-state index < -0.39 is 0 Å². The molecule has 2 aliphatic rings. The minimum Gasteiger partial charge on any atom is -0.372 e. The average Bonchev–Trinajstić information content (AvgIpc) is 3.16. The van der Waals surface area contributed by atoms with Gasteiger partial charge in [-0.05, 0) is 55.9 Å². The normalized spacial score (nSPS) is 18.9. The first-order valence-electron chi connectivity index (χ1n) is 9.84. The number of hydrogen-bond donors (Lipinski definition) is 2. The van der Waals surface area contributed by atoms with Gasteiger partial charge < -0.3 is 15.5 Å². The van der Waals surface area contributed by atoms with Crippen LogP contribution in [0, 0.1) is 5.92 Å². The average molecular weight is 352 g/mol. The molecule has 2 fully saturated rings. The maximum Gasteiger partial charge on any atom is 0.249 e. The molecular weight excluding hydrogens is 324 g/mol. The van der Waals surface area contributed by atoms with E-state index >= 15 is 0 Å². The van der Waals surface area contributed by atoms with Crippen LogP contribution in [-0.2, 0) is 0 Å². The predicted octanol–water partition coefficient (Wildman–Crippen LogP) is 4.21. The first kappa shape index (κ1) is 17.1. The van der Waals surface area contributed by atoms with E-state index in [2.05, 4.69) is 61.9 Å². The molecule has 0 amide bonds. The summed E-state index contributed by atoms with van der Waals surface area (Å²) in [5.74, 6) is 2.18. The maximum atomic E-state index is 4.55. The molecule has 6 nitrogen and oxygen atoms in total. The van der Waals surface area contributed by atoms with Crippen molar-refractivity contribution in [2.45, 2.75) is 51.5 Å². The van der Waals surface area contributed by atoms with Gasteiger partial charge in [0.15, 0.2) is 5.82 Å². The Bertz CT molecular complexity index is 702. The molecule has 2 aromatic rings. The first-order valence-corrected chi connectivity index (χ1v) is 9.84. The third-order valence-corrected chi connectivity index (χ3v) is 5.54. The zero-order chi connectivity index (χ0) is 17.8. The van der Waals surface area contributed by atoms with Crippen LogP contribution in [-0.4, -0.2) is 34.3 Å². The Morgan fingerprint density at radius 2 is 1.73 bits per heavy atom. The lowest BCUT2D eigenvalue weighted by molar-refractivity contribution is 0.438. The van der Waals surface area contributed by atoms with Gasteiger partial charge in [0.1, 0.15) is 0 Å². The molecule has 138 valence electrons. The highest BCUT2D eigenvalue weighted by Gasteiger charge is 2.17. The smallest absolute Gasteiger partial charge is 0.249 e. The van der Waals surface area contributed by atoms with Gasteiger partial charge in [0.25, 0.3) is 0 Å². The van der Waals surface area contributed by atoms with Crippen molar-refractivity contribution in [1.29, 1.82) is 0 Å². The topological polar surface area (TPSA) is 66.0 Å². The molecule has 2 N–H and O–H groups in total. The Kier molecular flexibility index (Phi) is 5.18. The van der Waals surface area contributed by atoms with Crippen molar-refractivity contribution in [1.82, 2.24) is 15.2 Å². The van der Waals surface area contributed by atoms with E-state index in [0.717, 1.165) is 30.5 Å². The molecule has 1 aromatic heterocycles. The fourth-order valence-corrected chi connectivity index (χ4v) is 3.86. The monoisotopic (exact) mass is 352 g/mol. The molecular formula is C20H28N6. The van der Waals surface area contributed by atoms with Crippen LogP contribution in [0.4, 0.5) is 23.1 Å². The lowest BCUT2D eigenvalue weighted by atomic mass is 9.99. The van der Waals surface area contributed by atoms with Gasteiger partial charge in [-0.3, -0.25) is 0 Å². The lowest BCUT2D eigenvalue weighted by Crippen LogP contribution is -2.32. The summed E-state index contributed by atoms with van der Waals surface area (Å²) < 4.78 is 0. The minimum atomic E-state index is 0.520. The van der Waals surface area contributed by atoms with Crippen LogP contribution in [0.15, 0.2) is 30.5 Å². The van der Waals surface area contributed by atoms with E-state index in [1.165, 1.54) is 44.2 Å². The van der Waals surface area contributed by atoms with Crippen molar-refractivity contribution in [3.05, 3.63) is 30.5 Å². The van der Waals surface area contributed by atoms with Crippen molar-refractivity contribution < 1.29 is 0 Å². The second kappa shape index (κ2) is 7.89. The number of nitrogens with one attached hydrogen (secondary N) is 2. The van der Waals surface area contributed by atoms with Gasteiger partial charge in [-0.15, -0.1) is 5.10 Å². The number of hydrogen-bond acceptors (Lipinski definition) is 6. The molecule has 1 aliphatic carbocycles. The van der Waals surface area contributed by atoms with E-state index in [0.29, 0.717) is 12.0 Å². The molecule has 0 bridgehead atoms. The SMILES string of the molecule is CC1CCN(c2ccc(Nc3nncc(NC4CCCC4)n3)cc2)CC1. The number of anilines is 4. The van der Waals surface area contributed by atoms with Gasteiger partial charge in [-0.1, -0.05) is 19.8 Å². The van der Waals surface area contributed by atoms with Crippen LogP contribution in [0.5, 0.6) is 0 Å². The highest BCUT2D eigenvalue weighted by molar-refractivity contribution is 5.59. The summed E-state index contributed by atoms with van der Waals surface area (Å²) in [6.07, 6.45) is 9.27. The minimum absolute atomic E-state index is 0.520. The summed E-state index contributed by atoms with van der Waals surface area (Å²) in [4.78, 5) is 7.01. The van der Waals surface area contributed by atoms with Gasteiger partial charge in [0.2, 0.25) is 5.95 Å². The second-order valence-corrected chi connectivity index (χ2v) is 7.63. The van der Waals surface area contributed by atoms with Gasteiger partial charge in [-0.25, -0.2) is 0 Å². The second-order valence-electron chi connectivity index (χ2n) is 7.63. The third kappa shape index (κ3) is 4.23. The van der Waals surface area contributed by atoms with Gasteiger partial charge in [0.05, 0.1) is 6.20 Å². The van der Waals surface area contributed by atoms with Crippen LogP contribution in [0.3, 0.4) is 0 Å². The number of rotatable bonds is 5. The molecule has 4 rings (SSSR count). The van der Waals surface area contributed by atoms with E-state index in [9.17, 15) is 0 Å². The van der Waals surface area contributed by atoms with Gasteiger partial charge >= 0.3 is 0 Å². The van der Waals surface area contributed by atoms with Crippen molar-refractivity contribution in [2.24, 2.45) is 5.92 Å². The Balaban J connectivity index is 1.37. The zero-order valence-electron chi connectivity index (χ0n) is 15.5. The maximum absolute atomic E-state index is 4.55. The van der Waals surface area contributed by atoms with Crippen LogP contribution in [0.25, 0.3) is 0 Å². The molecule has 0 atom stereocenters. The summed E-state index contributed by atoms with van der Waals surface area (Å²) >= 11 is 0. The Morgan fingerprint density at radius 1 is 1.00 bits per heavy atom. The fraction of sp³-hybridized carbons (Fsp3) is 0.550.